The van der Waals surface area contributed by atoms with Crippen LogP contribution in [0.2, 0.25) is 5.02 Å². The number of nitrogens with zero attached hydrogens (tertiary/aromatic N) is 2. The number of hydrogen-bond acceptors (Lipinski definition) is 3. The van der Waals surface area contributed by atoms with Crippen molar-refractivity contribution < 1.29 is 8.42 Å². The SMILES string of the molecule is O=S(=O)(Cc1ccccc1Cl)N1CCN(CC2CC2)CC1. The third kappa shape index (κ3) is 3.97. The van der Waals surface area contributed by atoms with Crippen molar-refractivity contribution >= 4 is 21.6 Å². The van der Waals surface area contributed by atoms with Crippen LogP contribution in [0, 0.1) is 5.92 Å². The van der Waals surface area contributed by atoms with E-state index in [2.05, 4.69) is 4.90 Å². The highest BCUT2D eigenvalue weighted by molar-refractivity contribution is 7.88. The molecular weight excluding hydrogens is 308 g/mol. The van der Waals surface area contributed by atoms with Crippen molar-refractivity contribution in [1.29, 1.82) is 0 Å². The molecule has 2 fully saturated rings. The lowest BCUT2D eigenvalue weighted by molar-refractivity contribution is 0.182. The van der Waals surface area contributed by atoms with Crippen LogP contribution in [0.25, 0.3) is 0 Å². The largest absolute Gasteiger partial charge is 0.300 e. The summed E-state index contributed by atoms with van der Waals surface area (Å²) in [7, 11) is -3.27. The van der Waals surface area contributed by atoms with Gasteiger partial charge in [0, 0.05) is 37.7 Å². The molecule has 1 aromatic carbocycles. The van der Waals surface area contributed by atoms with Gasteiger partial charge >= 0.3 is 0 Å². The molecule has 0 aromatic heterocycles. The molecule has 6 heteroatoms. The quantitative estimate of drug-likeness (QED) is 0.832. The van der Waals surface area contributed by atoms with E-state index in [4.69, 9.17) is 11.6 Å². The van der Waals surface area contributed by atoms with E-state index in [1.54, 1.807) is 16.4 Å². The van der Waals surface area contributed by atoms with Crippen LogP contribution in [0.1, 0.15) is 18.4 Å². The molecule has 1 saturated carbocycles. The molecule has 1 heterocycles. The van der Waals surface area contributed by atoms with Crippen LogP contribution in [0.15, 0.2) is 24.3 Å². The molecule has 0 atom stereocenters. The third-order valence-electron chi connectivity index (χ3n) is 4.23. The van der Waals surface area contributed by atoms with Gasteiger partial charge in [0.2, 0.25) is 10.0 Å². The fraction of sp³-hybridized carbons (Fsp3) is 0.600. The standard InChI is InChI=1S/C15H21ClN2O2S/c16-15-4-2-1-3-14(15)12-21(19,20)18-9-7-17(8-10-18)11-13-5-6-13/h1-4,13H,5-12H2. The molecule has 3 rings (SSSR count). The fourth-order valence-electron chi connectivity index (χ4n) is 2.76. The molecule has 0 amide bonds. The Morgan fingerprint density at radius 1 is 1.10 bits per heavy atom. The zero-order valence-corrected chi connectivity index (χ0v) is 13.6. The average Bonchev–Trinajstić information content (AvgIpc) is 3.26. The van der Waals surface area contributed by atoms with Gasteiger partial charge in [0.05, 0.1) is 5.75 Å². The van der Waals surface area contributed by atoms with Crippen LogP contribution in [-0.4, -0.2) is 50.3 Å². The maximum atomic E-state index is 12.5. The first-order chi connectivity index (χ1) is 10.0. The van der Waals surface area contributed by atoms with Gasteiger partial charge in [-0.25, -0.2) is 8.42 Å². The number of rotatable bonds is 5. The summed E-state index contributed by atoms with van der Waals surface area (Å²) in [6.45, 7) is 4.02. The van der Waals surface area contributed by atoms with Crippen LogP contribution in [-0.2, 0) is 15.8 Å². The van der Waals surface area contributed by atoms with Gasteiger partial charge in [-0.05, 0) is 30.4 Å². The predicted molar refractivity (Wildman–Crippen MR) is 84.8 cm³/mol. The van der Waals surface area contributed by atoms with Crippen LogP contribution in [0.3, 0.4) is 0 Å². The summed E-state index contributed by atoms with van der Waals surface area (Å²) in [5.41, 5.74) is 0.680. The van der Waals surface area contributed by atoms with Gasteiger partial charge in [0.1, 0.15) is 0 Å². The molecule has 4 nitrogen and oxygen atoms in total. The van der Waals surface area contributed by atoms with E-state index in [0.717, 1.165) is 25.6 Å². The number of halogens is 1. The van der Waals surface area contributed by atoms with Gasteiger partial charge in [-0.1, -0.05) is 29.8 Å². The lowest BCUT2D eigenvalue weighted by Gasteiger charge is -2.34. The monoisotopic (exact) mass is 328 g/mol. The van der Waals surface area contributed by atoms with E-state index in [1.807, 2.05) is 12.1 Å². The molecule has 1 aliphatic heterocycles. The van der Waals surface area contributed by atoms with Gasteiger partial charge in [0.15, 0.2) is 0 Å². The van der Waals surface area contributed by atoms with Crippen LogP contribution < -0.4 is 0 Å². The number of sulfonamides is 1. The van der Waals surface area contributed by atoms with Crippen LogP contribution in [0.5, 0.6) is 0 Å². The Labute approximate surface area is 131 Å². The van der Waals surface area contributed by atoms with Crippen molar-refractivity contribution in [2.24, 2.45) is 5.92 Å². The maximum Gasteiger partial charge on any atom is 0.218 e. The molecule has 2 aliphatic rings. The van der Waals surface area contributed by atoms with E-state index in [9.17, 15) is 8.42 Å². The minimum absolute atomic E-state index is 0.00466. The van der Waals surface area contributed by atoms with Gasteiger partial charge in [0.25, 0.3) is 0 Å². The highest BCUT2D eigenvalue weighted by atomic mass is 35.5. The Morgan fingerprint density at radius 2 is 1.76 bits per heavy atom. The molecular formula is C15H21ClN2O2S. The molecule has 116 valence electrons. The Hall–Kier alpha value is -0.620. The molecule has 0 N–H and O–H groups in total. The van der Waals surface area contributed by atoms with E-state index >= 15 is 0 Å². The zero-order chi connectivity index (χ0) is 14.9. The van der Waals surface area contributed by atoms with Crippen molar-refractivity contribution in [2.75, 3.05) is 32.7 Å². The van der Waals surface area contributed by atoms with E-state index < -0.39 is 10.0 Å². The lowest BCUT2D eigenvalue weighted by atomic mass is 10.2. The van der Waals surface area contributed by atoms with Crippen LogP contribution in [0.4, 0.5) is 0 Å². The molecule has 1 aliphatic carbocycles. The fourth-order valence-corrected chi connectivity index (χ4v) is 4.59. The van der Waals surface area contributed by atoms with E-state index in [1.165, 1.54) is 12.8 Å². The second-order valence-electron chi connectivity index (χ2n) is 5.99. The van der Waals surface area contributed by atoms with Gasteiger partial charge in [-0.2, -0.15) is 4.31 Å². The Morgan fingerprint density at radius 3 is 2.38 bits per heavy atom. The van der Waals surface area contributed by atoms with E-state index in [0.29, 0.717) is 23.7 Å². The first-order valence-corrected chi connectivity index (χ1v) is 9.47. The summed E-state index contributed by atoms with van der Waals surface area (Å²) in [5.74, 6) is 0.853. The first-order valence-electron chi connectivity index (χ1n) is 7.48. The molecule has 21 heavy (non-hydrogen) atoms. The number of piperazine rings is 1. The van der Waals surface area contributed by atoms with Crippen molar-refractivity contribution in [3.8, 4) is 0 Å². The Kier molecular flexibility index (Phi) is 4.54. The van der Waals surface area contributed by atoms with Gasteiger partial charge in [-0.15, -0.1) is 0 Å². The lowest BCUT2D eigenvalue weighted by Crippen LogP contribution is -2.49. The van der Waals surface area contributed by atoms with Crippen molar-refractivity contribution in [2.45, 2.75) is 18.6 Å². The highest BCUT2D eigenvalue weighted by Gasteiger charge is 2.30. The summed E-state index contributed by atoms with van der Waals surface area (Å²) in [5, 5.41) is 0.522. The summed E-state index contributed by atoms with van der Waals surface area (Å²) < 4.78 is 26.6. The van der Waals surface area contributed by atoms with E-state index in [-0.39, 0.29) is 5.75 Å². The van der Waals surface area contributed by atoms with Gasteiger partial charge < -0.3 is 4.90 Å². The minimum atomic E-state index is -3.27. The van der Waals surface area contributed by atoms with Crippen LogP contribution >= 0.6 is 11.6 Å². The third-order valence-corrected chi connectivity index (χ3v) is 6.43. The molecule has 0 unspecified atom stereocenters. The summed E-state index contributed by atoms with van der Waals surface area (Å²) >= 11 is 6.07. The normalized spacial score (nSPS) is 21.6. The minimum Gasteiger partial charge on any atom is -0.300 e. The van der Waals surface area contributed by atoms with Crippen molar-refractivity contribution in [1.82, 2.24) is 9.21 Å². The van der Waals surface area contributed by atoms with Crippen molar-refractivity contribution in [3.05, 3.63) is 34.9 Å². The summed E-state index contributed by atoms with van der Waals surface area (Å²) in [6.07, 6.45) is 2.68. The first kappa shape index (κ1) is 15.3. The molecule has 0 bridgehead atoms. The Balaban J connectivity index is 1.59. The predicted octanol–water partition coefficient (Wildman–Crippen LogP) is 2.20. The summed E-state index contributed by atoms with van der Waals surface area (Å²) in [6, 6.07) is 7.16. The Bertz CT molecular complexity index is 593. The average molecular weight is 329 g/mol. The highest BCUT2D eigenvalue weighted by Crippen LogP contribution is 2.30. The second-order valence-corrected chi connectivity index (χ2v) is 8.37. The number of hydrogen-bond donors (Lipinski definition) is 0. The second kappa shape index (κ2) is 6.24. The molecule has 0 radical (unpaired) electrons. The summed E-state index contributed by atoms with van der Waals surface area (Å²) in [4.78, 5) is 2.39. The topological polar surface area (TPSA) is 40.6 Å². The van der Waals surface area contributed by atoms with Gasteiger partial charge in [-0.3, -0.25) is 0 Å². The van der Waals surface area contributed by atoms with Crippen molar-refractivity contribution in [3.63, 3.8) is 0 Å². The molecule has 0 spiro atoms. The molecule has 1 saturated heterocycles. The zero-order valence-electron chi connectivity index (χ0n) is 12.0. The molecule has 1 aromatic rings. The number of benzene rings is 1. The maximum absolute atomic E-state index is 12.5. The smallest absolute Gasteiger partial charge is 0.218 e.